The van der Waals surface area contributed by atoms with Gasteiger partial charge in [-0.15, -0.1) is 0 Å². The molecule has 1 aliphatic rings. The summed E-state index contributed by atoms with van der Waals surface area (Å²) in [7, 11) is 1.31. The number of nitrogens with one attached hydrogen (secondary N) is 2. The third-order valence-corrected chi connectivity index (χ3v) is 4.51. The van der Waals surface area contributed by atoms with E-state index in [2.05, 4.69) is 27.5 Å². The summed E-state index contributed by atoms with van der Waals surface area (Å²) in [5.41, 5.74) is 2.43. The molecule has 2 rings (SSSR count). The van der Waals surface area contributed by atoms with Crippen LogP contribution in [0.1, 0.15) is 17.9 Å². The van der Waals surface area contributed by atoms with E-state index in [1.54, 1.807) is 11.8 Å². The number of alkyl carbamates (subject to hydrolysis) is 1. The third-order valence-electron chi connectivity index (χ3n) is 3.82. The van der Waals surface area contributed by atoms with E-state index in [0.717, 1.165) is 23.4 Å². The van der Waals surface area contributed by atoms with Crippen LogP contribution in [0.15, 0.2) is 24.3 Å². The molecule has 0 aliphatic carbocycles. The predicted octanol–water partition coefficient (Wildman–Crippen LogP) is 2.25. The van der Waals surface area contributed by atoms with E-state index in [9.17, 15) is 10.0 Å². The lowest BCUT2D eigenvalue weighted by Crippen LogP contribution is -2.39. The van der Waals surface area contributed by atoms with Crippen molar-refractivity contribution in [1.82, 2.24) is 5.32 Å². The van der Waals surface area contributed by atoms with Crippen LogP contribution in [0.2, 0.25) is 0 Å². The molecule has 2 atom stereocenters. The molecule has 1 aromatic carbocycles. The normalized spacial score (nSPS) is 18.0. The number of ether oxygens (including phenoxy) is 1. The second-order valence-electron chi connectivity index (χ2n) is 5.44. The number of thioether (sulfide) groups is 1. The van der Waals surface area contributed by atoms with Gasteiger partial charge in [0.15, 0.2) is 12.8 Å². The lowest BCUT2D eigenvalue weighted by atomic mass is 9.98. The van der Waals surface area contributed by atoms with Crippen LogP contribution in [0.4, 0.5) is 10.5 Å². The molecule has 0 spiro atoms. The SMILES string of the molecule is COC(=O)N[C@H](/C=[N+](\[O-])CCC1CNc2ccccc21)CSC. The molecule has 0 fully saturated rings. The monoisotopic (exact) mass is 337 g/mol. The van der Waals surface area contributed by atoms with Gasteiger partial charge in [0, 0.05) is 30.3 Å². The fraction of sp³-hybridized carbons (Fsp3) is 0.500. The number of carbonyl (C=O) groups is 1. The number of amides is 1. The number of fused-ring (bicyclic) bond motifs is 1. The second-order valence-corrected chi connectivity index (χ2v) is 6.35. The molecule has 1 heterocycles. The topological polar surface area (TPSA) is 76.4 Å². The lowest BCUT2D eigenvalue weighted by Gasteiger charge is -2.14. The summed E-state index contributed by atoms with van der Waals surface area (Å²) >= 11 is 1.56. The van der Waals surface area contributed by atoms with Crippen molar-refractivity contribution < 1.29 is 14.3 Å². The van der Waals surface area contributed by atoms with Crippen molar-refractivity contribution in [3.63, 3.8) is 0 Å². The Morgan fingerprint density at radius 2 is 2.39 bits per heavy atom. The van der Waals surface area contributed by atoms with Crippen molar-refractivity contribution in [1.29, 1.82) is 0 Å². The van der Waals surface area contributed by atoms with Gasteiger partial charge in [0.05, 0.1) is 7.11 Å². The first-order valence-electron chi connectivity index (χ1n) is 7.59. The number of hydrogen-bond acceptors (Lipinski definition) is 5. The number of rotatable bonds is 7. The largest absolute Gasteiger partial charge is 0.624 e. The van der Waals surface area contributed by atoms with Crippen LogP contribution < -0.4 is 10.6 Å². The van der Waals surface area contributed by atoms with Gasteiger partial charge >= 0.3 is 6.09 Å². The van der Waals surface area contributed by atoms with Gasteiger partial charge in [-0.3, -0.25) is 0 Å². The van der Waals surface area contributed by atoms with Crippen LogP contribution >= 0.6 is 11.8 Å². The Kier molecular flexibility index (Phi) is 6.58. The van der Waals surface area contributed by atoms with E-state index in [4.69, 9.17) is 0 Å². The Hall–Kier alpha value is -1.89. The number of benzene rings is 1. The van der Waals surface area contributed by atoms with Gasteiger partial charge in [-0.2, -0.15) is 11.8 Å². The summed E-state index contributed by atoms with van der Waals surface area (Å²) in [6, 6.07) is 7.87. The average molecular weight is 337 g/mol. The minimum absolute atomic E-state index is 0.330. The number of anilines is 1. The number of hydroxylamine groups is 1. The van der Waals surface area contributed by atoms with E-state index < -0.39 is 6.09 Å². The number of carbonyl (C=O) groups excluding carboxylic acids is 1. The van der Waals surface area contributed by atoms with Crippen LogP contribution in [-0.4, -0.2) is 55.3 Å². The number of para-hydroxylation sites is 1. The third kappa shape index (κ3) is 5.06. The Morgan fingerprint density at radius 1 is 1.61 bits per heavy atom. The zero-order chi connectivity index (χ0) is 16.7. The van der Waals surface area contributed by atoms with E-state index in [0.29, 0.717) is 18.2 Å². The molecule has 0 saturated carbocycles. The zero-order valence-corrected chi connectivity index (χ0v) is 14.3. The Labute approximate surface area is 140 Å². The minimum Gasteiger partial charge on any atom is -0.624 e. The molecule has 23 heavy (non-hydrogen) atoms. The summed E-state index contributed by atoms with van der Waals surface area (Å²) in [5, 5.41) is 18.1. The van der Waals surface area contributed by atoms with Gasteiger partial charge in [-0.25, -0.2) is 9.53 Å². The van der Waals surface area contributed by atoms with Crippen LogP contribution in [-0.2, 0) is 4.74 Å². The first kappa shape index (κ1) is 17.5. The summed E-state index contributed by atoms with van der Waals surface area (Å²) in [6.45, 7) is 1.26. The second kappa shape index (κ2) is 8.67. The van der Waals surface area contributed by atoms with Gasteiger partial charge in [0.1, 0.15) is 6.04 Å². The van der Waals surface area contributed by atoms with Gasteiger partial charge in [0.25, 0.3) is 0 Å². The predicted molar refractivity (Wildman–Crippen MR) is 94.6 cm³/mol. The quantitative estimate of drug-likeness (QED) is 0.345. The van der Waals surface area contributed by atoms with Crippen LogP contribution in [0, 0.1) is 5.21 Å². The molecule has 6 nitrogen and oxygen atoms in total. The molecule has 1 aromatic rings. The highest BCUT2D eigenvalue weighted by molar-refractivity contribution is 7.98. The summed E-state index contributed by atoms with van der Waals surface area (Å²) in [5.74, 6) is 0.977. The molecule has 0 bridgehead atoms. The van der Waals surface area contributed by atoms with E-state index >= 15 is 0 Å². The molecule has 7 heteroatoms. The lowest BCUT2D eigenvalue weighted by molar-refractivity contribution is -0.455. The van der Waals surface area contributed by atoms with E-state index in [1.807, 2.05) is 18.4 Å². The van der Waals surface area contributed by atoms with Crippen LogP contribution in [0.5, 0.6) is 0 Å². The fourth-order valence-electron chi connectivity index (χ4n) is 2.68. The maximum atomic E-state index is 12.1. The average Bonchev–Trinajstić information content (AvgIpc) is 2.96. The summed E-state index contributed by atoms with van der Waals surface area (Å²) in [6.07, 6.45) is 3.69. The van der Waals surface area contributed by atoms with Crippen molar-refractivity contribution in [3.8, 4) is 0 Å². The van der Waals surface area contributed by atoms with Crippen LogP contribution in [0.3, 0.4) is 0 Å². The highest BCUT2D eigenvalue weighted by atomic mass is 32.2. The number of nitrogens with zero attached hydrogens (tertiary/aromatic N) is 1. The van der Waals surface area contributed by atoms with Crippen molar-refractivity contribution in [2.24, 2.45) is 0 Å². The molecule has 1 aliphatic heterocycles. The summed E-state index contributed by atoms with van der Waals surface area (Å²) in [4.78, 5) is 11.3. The molecule has 0 saturated heterocycles. The number of methoxy groups -OCH3 is 1. The maximum Gasteiger partial charge on any atom is 0.407 e. The first-order chi connectivity index (χ1) is 11.1. The fourth-order valence-corrected chi connectivity index (χ4v) is 3.21. The molecule has 0 radical (unpaired) electrons. The zero-order valence-electron chi connectivity index (χ0n) is 13.5. The Bertz CT molecular complexity index is 565. The Balaban J connectivity index is 1.90. The van der Waals surface area contributed by atoms with Gasteiger partial charge in [0.2, 0.25) is 0 Å². The van der Waals surface area contributed by atoms with E-state index in [1.165, 1.54) is 18.9 Å². The van der Waals surface area contributed by atoms with Gasteiger partial charge < -0.3 is 20.6 Å². The standard InChI is InChI=1S/C16H23N3O3S/c1-22-16(20)18-13(11-23-2)10-19(21)8-7-12-9-17-15-6-4-3-5-14(12)15/h3-6,10,12-13,17H,7-9,11H2,1-2H3,(H,18,20)/b19-10-/t12?,13-/m1/s1. The van der Waals surface area contributed by atoms with E-state index in [-0.39, 0.29) is 6.04 Å². The molecule has 0 aromatic heterocycles. The molecule has 1 unspecified atom stereocenters. The van der Waals surface area contributed by atoms with Crippen molar-refractivity contribution >= 4 is 29.8 Å². The smallest absolute Gasteiger partial charge is 0.407 e. The molecule has 2 N–H and O–H groups in total. The van der Waals surface area contributed by atoms with Crippen molar-refractivity contribution in [2.75, 3.05) is 37.5 Å². The van der Waals surface area contributed by atoms with Gasteiger partial charge in [-0.05, 0) is 17.9 Å². The molecular formula is C16H23N3O3S. The highest BCUT2D eigenvalue weighted by Gasteiger charge is 2.22. The van der Waals surface area contributed by atoms with Crippen molar-refractivity contribution in [3.05, 3.63) is 35.0 Å². The maximum absolute atomic E-state index is 12.1. The first-order valence-corrected chi connectivity index (χ1v) is 8.98. The number of hydrogen-bond donors (Lipinski definition) is 2. The Morgan fingerprint density at radius 3 is 3.13 bits per heavy atom. The molecule has 126 valence electrons. The highest BCUT2D eigenvalue weighted by Crippen LogP contribution is 2.32. The van der Waals surface area contributed by atoms with Crippen LogP contribution in [0.25, 0.3) is 0 Å². The molecular weight excluding hydrogens is 314 g/mol. The van der Waals surface area contributed by atoms with Gasteiger partial charge in [-0.1, -0.05) is 18.2 Å². The van der Waals surface area contributed by atoms with Crippen molar-refractivity contribution in [2.45, 2.75) is 18.4 Å². The minimum atomic E-state index is -0.525. The molecule has 1 amide bonds. The summed E-state index contributed by atoms with van der Waals surface area (Å²) < 4.78 is 5.50.